The topological polar surface area (TPSA) is 49.8 Å². The molecular weight excluding hydrogens is 182 g/mol. The molecule has 1 N–H and O–H groups in total. The summed E-state index contributed by atoms with van der Waals surface area (Å²) in [4.78, 5) is 13.1. The fourth-order valence-corrected chi connectivity index (χ4v) is 1.12. The van der Waals surface area contributed by atoms with E-state index in [-0.39, 0.29) is 11.7 Å². The molecule has 0 spiro atoms. The number of hydrogen-bond acceptors (Lipinski definition) is 4. The monoisotopic (exact) mass is 203 g/mol. The predicted octanol–water partition coefficient (Wildman–Crippen LogP) is 0.151. The summed E-state index contributed by atoms with van der Waals surface area (Å²) in [7, 11) is 3.36. The van der Waals surface area contributed by atoms with Gasteiger partial charge >= 0.3 is 0 Å². The molecule has 0 heterocycles. The number of carbonyl (C=O) groups excluding carboxylic acids is 1. The molecule has 14 heavy (non-hydrogen) atoms. The Morgan fingerprint density at radius 3 is 2.50 bits per heavy atom. The van der Waals surface area contributed by atoms with Crippen LogP contribution in [0.25, 0.3) is 0 Å². The Labute approximate surface area is 85.9 Å². The Morgan fingerprint density at radius 1 is 1.50 bits per heavy atom. The Bertz CT molecular complexity index is 171. The van der Waals surface area contributed by atoms with E-state index >= 15 is 0 Å². The highest BCUT2D eigenvalue weighted by atomic mass is 16.5. The lowest BCUT2D eigenvalue weighted by Gasteiger charge is -2.20. The van der Waals surface area contributed by atoms with Crippen molar-refractivity contribution in [1.29, 1.82) is 0 Å². The average molecular weight is 203 g/mol. The highest BCUT2D eigenvalue weighted by molar-refractivity contribution is 5.82. The third-order valence-corrected chi connectivity index (χ3v) is 1.95. The maximum Gasteiger partial charge on any atom is 0.149 e. The van der Waals surface area contributed by atoms with Gasteiger partial charge in [0.25, 0.3) is 0 Å². The zero-order valence-electron chi connectivity index (χ0n) is 9.49. The molecule has 84 valence electrons. The minimum absolute atomic E-state index is 0.0528. The lowest BCUT2D eigenvalue weighted by molar-refractivity contribution is -0.123. The molecular formula is C10H21NO3. The number of methoxy groups -OCH3 is 1. The lowest BCUT2D eigenvalue weighted by Crippen LogP contribution is -2.36. The number of Topliss-reactive ketones (excluding diaryl/α,β-unsaturated/α-hetero) is 1. The predicted molar refractivity (Wildman–Crippen MR) is 55.2 cm³/mol. The zero-order chi connectivity index (χ0) is 11.1. The van der Waals surface area contributed by atoms with Gasteiger partial charge in [-0.25, -0.2) is 0 Å². The minimum Gasteiger partial charge on any atom is -0.389 e. The van der Waals surface area contributed by atoms with Gasteiger partial charge in [-0.05, 0) is 7.05 Å². The highest BCUT2D eigenvalue weighted by Gasteiger charge is 2.13. The van der Waals surface area contributed by atoms with Crippen molar-refractivity contribution in [3.8, 4) is 0 Å². The van der Waals surface area contributed by atoms with Gasteiger partial charge in [-0.3, -0.25) is 9.69 Å². The maximum absolute atomic E-state index is 11.3. The molecule has 0 radical (unpaired) electrons. The summed E-state index contributed by atoms with van der Waals surface area (Å²) in [5.41, 5.74) is 0. The first kappa shape index (κ1) is 13.5. The van der Waals surface area contributed by atoms with E-state index in [0.717, 1.165) is 0 Å². The second-order valence-corrected chi connectivity index (χ2v) is 3.93. The third kappa shape index (κ3) is 6.07. The van der Waals surface area contributed by atoms with E-state index in [1.54, 1.807) is 7.11 Å². The molecule has 0 aromatic rings. The first-order chi connectivity index (χ1) is 6.47. The number of carbonyl (C=O) groups is 1. The summed E-state index contributed by atoms with van der Waals surface area (Å²) in [5.74, 6) is 0.245. The number of hydrogen-bond donors (Lipinski definition) is 1. The van der Waals surface area contributed by atoms with E-state index < -0.39 is 6.10 Å². The molecule has 0 aliphatic carbocycles. The van der Waals surface area contributed by atoms with Gasteiger partial charge in [-0.15, -0.1) is 0 Å². The minimum atomic E-state index is -0.523. The Hall–Kier alpha value is -0.450. The molecule has 0 aliphatic heterocycles. The molecule has 4 nitrogen and oxygen atoms in total. The van der Waals surface area contributed by atoms with Crippen LogP contribution in [-0.2, 0) is 9.53 Å². The summed E-state index contributed by atoms with van der Waals surface area (Å²) in [6.07, 6.45) is -0.523. The molecule has 0 aromatic carbocycles. The number of ketones is 1. The van der Waals surface area contributed by atoms with E-state index in [2.05, 4.69) is 0 Å². The summed E-state index contributed by atoms with van der Waals surface area (Å²) >= 11 is 0. The van der Waals surface area contributed by atoms with Crippen LogP contribution in [0.15, 0.2) is 0 Å². The van der Waals surface area contributed by atoms with Gasteiger partial charge in [-0.2, -0.15) is 0 Å². The van der Waals surface area contributed by atoms with E-state index in [1.807, 2.05) is 25.8 Å². The van der Waals surface area contributed by atoms with Gasteiger partial charge in [-0.1, -0.05) is 13.8 Å². The standard InChI is InChI=1S/C10H21NO3/c1-8(2)10(13)6-11(3)5-9(12)7-14-4/h8-9,12H,5-7H2,1-4H3. The van der Waals surface area contributed by atoms with Crippen molar-refractivity contribution >= 4 is 5.78 Å². The van der Waals surface area contributed by atoms with Crippen molar-refractivity contribution in [2.75, 3.05) is 33.9 Å². The molecule has 0 aliphatic rings. The Morgan fingerprint density at radius 2 is 2.07 bits per heavy atom. The van der Waals surface area contributed by atoms with E-state index in [1.165, 1.54) is 0 Å². The van der Waals surface area contributed by atoms with Gasteiger partial charge < -0.3 is 9.84 Å². The van der Waals surface area contributed by atoms with Gasteiger partial charge in [0.1, 0.15) is 5.78 Å². The normalized spacial score (nSPS) is 13.6. The van der Waals surface area contributed by atoms with Gasteiger partial charge in [0.05, 0.1) is 19.3 Å². The third-order valence-electron chi connectivity index (χ3n) is 1.95. The van der Waals surface area contributed by atoms with E-state index in [9.17, 15) is 9.90 Å². The van der Waals surface area contributed by atoms with Crippen LogP contribution in [0, 0.1) is 5.92 Å². The van der Waals surface area contributed by atoms with E-state index in [0.29, 0.717) is 19.7 Å². The van der Waals surface area contributed by atoms with Crippen molar-refractivity contribution in [2.45, 2.75) is 20.0 Å². The van der Waals surface area contributed by atoms with Crippen LogP contribution in [0.4, 0.5) is 0 Å². The molecule has 0 aromatic heterocycles. The fraction of sp³-hybridized carbons (Fsp3) is 0.900. The number of aliphatic hydroxyl groups excluding tert-OH is 1. The van der Waals surface area contributed by atoms with Crippen LogP contribution in [0.1, 0.15) is 13.8 Å². The molecule has 1 unspecified atom stereocenters. The average Bonchev–Trinajstić information content (AvgIpc) is 2.03. The second-order valence-electron chi connectivity index (χ2n) is 3.93. The number of ether oxygens (including phenoxy) is 1. The summed E-state index contributed by atoms with van der Waals surface area (Å²) in [5, 5.41) is 9.39. The number of rotatable bonds is 7. The number of aliphatic hydroxyl groups is 1. The molecule has 0 amide bonds. The number of nitrogens with zero attached hydrogens (tertiary/aromatic N) is 1. The lowest BCUT2D eigenvalue weighted by atomic mass is 10.1. The van der Waals surface area contributed by atoms with Crippen LogP contribution in [-0.4, -0.2) is 55.7 Å². The fourth-order valence-electron chi connectivity index (χ4n) is 1.12. The van der Waals surface area contributed by atoms with Crippen molar-refractivity contribution in [3.63, 3.8) is 0 Å². The molecule has 0 saturated carbocycles. The van der Waals surface area contributed by atoms with Crippen LogP contribution < -0.4 is 0 Å². The molecule has 0 fully saturated rings. The van der Waals surface area contributed by atoms with Crippen LogP contribution in [0.2, 0.25) is 0 Å². The zero-order valence-corrected chi connectivity index (χ0v) is 9.49. The first-order valence-corrected chi connectivity index (χ1v) is 4.85. The Kier molecular flexibility index (Phi) is 6.70. The van der Waals surface area contributed by atoms with Crippen molar-refractivity contribution in [1.82, 2.24) is 4.90 Å². The van der Waals surface area contributed by atoms with Crippen LogP contribution >= 0.6 is 0 Å². The molecule has 0 rings (SSSR count). The summed E-state index contributed by atoms with van der Waals surface area (Å²) < 4.78 is 4.80. The largest absolute Gasteiger partial charge is 0.389 e. The van der Waals surface area contributed by atoms with Gasteiger partial charge in [0.2, 0.25) is 0 Å². The molecule has 1 atom stereocenters. The molecule has 0 bridgehead atoms. The van der Waals surface area contributed by atoms with Crippen LogP contribution in [0.3, 0.4) is 0 Å². The van der Waals surface area contributed by atoms with Crippen molar-refractivity contribution < 1.29 is 14.6 Å². The molecule has 0 saturated heterocycles. The smallest absolute Gasteiger partial charge is 0.149 e. The number of likely N-dealkylation sites (N-methyl/N-ethyl adjacent to an activating group) is 1. The van der Waals surface area contributed by atoms with Gasteiger partial charge in [0.15, 0.2) is 0 Å². The summed E-state index contributed by atoms with van der Waals surface area (Å²) in [6, 6.07) is 0. The maximum atomic E-state index is 11.3. The van der Waals surface area contributed by atoms with Crippen LogP contribution in [0.5, 0.6) is 0 Å². The summed E-state index contributed by atoms with van der Waals surface area (Å²) in [6.45, 7) is 4.91. The Balaban J connectivity index is 3.74. The van der Waals surface area contributed by atoms with Gasteiger partial charge in [0, 0.05) is 19.6 Å². The second kappa shape index (κ2) is 6.92. The van der Waals surface area contributed by atoms with E-state index in [4.69, 9.17) is 4.74 Å². The van der Waals surface area contributed by atoms with Crippen molar-refractivity contribution in [2.24, 2.45) is 5.92 Å². The first-order valence-electron chi connectivity index (χ1n) is 4.85. The van der Waals surface area contributed by atoms with Crippen molar-refractivity contribution in [3.05, 3.63) is 0 Å². The highest BCUT2D eigenvalue weighted by Crippen LogP contribution is 1.97. The SMILES string of the molecule is COCC(O)CN(C)CC(=O)C(C)C. The quantitative estimate of drug-likeness (QED) is 0.640. The molecule has 4 heteroatoms.